The molecule has 3 N–H and O–H groups in total. The van der Waals surface area contributed by atoms with E-state index in [1.54, 1.807) is 0 Å². The number of carboxylic acids is 1. The van der Waals surface area contributed by atoms with Crippen molar-refractivity contribution in [3.05, 3.63) is 0 Å². The van der Waals surface area contributed by atoms with Gasteiger partial charge < -0.3 is 15.7 Å². The van der Waals surface area contributed by atoms with Crippen LogP contribution in [0.4, 0.5) is 0 Å². The van der Waals surface area contributed by atoms with Crippen LogP contribution in [0.1, 0.15) is 19.3 Å². The molecule has 5 heteroatoms. The summed E-state index contributed by atoms with van der Waals surface area (Å²) < 4.78 is 0. The van der Waals surface area contributed by atoms with Crippen LogP contribution in [0.25, 0.3) is 0 Å². The maximum absolute atomic E-state index is 11.8. The number of carbonyl (C=O) groups excluding carboxylic acids is 1. The van der Waals surface area contributed by atoms with Gasteiger partial charge in [-0.25, -0.2) is 0 Å². The van der Waals surface area contributed by atoms with Gasteiger partial charge in [0.05, 0.1) is 5.41 Å². The van der Waals surface area contributed by atoms with Crippen molar-refractivity contribution in [1.82, 2.24) is 4.90 Å². The summed E-state index contributed by atoms with van der Waals surface area (Å²) in [4.78, 5) is 23.5. The molecule has 0 aromatic carbocycles. The quantitative estimate of drug-likeness (QED) is 0.650. The van der Waals surface area contributed by atoms with Gasteiger partial charge in [0.1, 0.15) is 6.54 Å². The van der Waals surface area contributed by atoms with E-state index in [4.69, 9.17) is 10.8 Å². The Kier molecular flexibility index (Phi) is 3.10. The monoisotopic (exact) mass is 200 g/mol. The highest BCUT2D eigenvalue weighted by Crippen LogP contribution is 2.41. The Morgan fingerprint density at radius 3 is 2.36 bits per heavy atom. The molecule has 1 amide bonds. The lowest BCUT2D eigenvalue weighted by Gasteiger charge is -2.41. The lowest BCUT2D eigenvalue weighted by atomic mass is 9.68. The zero-order chi connectivity index (χ0) is 10.8. The maximum Gasteiger partial charge on any atom is 0.323 e. The molecule has 0 aliphatic heterocycles. The predicted molar refractivity (Wildman–Crippen MR) is 50.6 cm³/mol. The Morgan fingerprint density at radius 1 is 1.50 bits per heavy atom. The Labute approximate surface area is 82.9 Å². The number of aliphatic carboxylic acids is 1. The largest absolute Gasteiger partial charge is 0.480 e. The van der Waals surface area contributed by atoms with Crippen molar-refractivity contribution in [2.24, 2.45) is 11.1 Å². The van der Waals surface area contributed by atoms with Crippen LogP contribution in [0.5, 0.6) is 0 Å². The van der Waals surface area contributed by atoms with Gasteiger partial charge >= 0.3 is 5.97 Å². The molecule has 0 radical (unpaired) electrons. The van der Waals surface area contributed by atoms with E-state index in [0.717, 1.165) is 19.3 Å². The van der Waals surface area contributed by atoms with Crippen molar-refractivity contribution in [2.75, 3.05) is 20.1 Å². The van der Waals surface area contributed by atoms with E-state index in [9.17, 15) is 9.59 Å². The van der Waals surface area contributed by atoms with Crippen LogP contribution < -0.4 is 5.73 Å². The zero-order valence-corrected chi connectivity index (χ0v) is 8.32. The average molecular weight is 200 g/mol. The molecule has 0 unspecified atom stereocenters. The summed E-state index contributed by atoms with van der Waals surface area (Å²) in [5, 5.41) is 8.54. The Bertz CT molecular complexity index is 243. The van der Waals surface area contributed by atoms with Crippen LogP contribution in [-0.4, -0.2) is 42.0 Å². The third-order valence-corrected chi connectivity index (χ3v) is 2.87. The van der Waals surface area contributed by atoms with Crippen molar-refractivity contribution in [3.63, 3.8) is 0 Å². The molecule has 0 bridgehead atoms. The van der Waals surface area contributed by atoms with Crippen LogP contribution in [0.2, 0.25) is 0 Å². The highest BCUT2D eigenvalue weighted by atomic mass is 16.4. The zero-order valence-electron chi connectivity index (χ0n) is 8.32. The molecule has 1 fully saturated rings. The van der Waals surface area contributed by atoms with Crippen molar-refractivity contribution >= 4 is 11.9 Å². The topological polar surface area (TPSA) is 83.6 Å². The second kappa shape index (κ2) is 3.96. The lowest BCUT2D eigenvalue weighted by molar-refractivity contribution is -0.151. The Balaban J connectivity index is 2.59. The van der Waals surface area contributed by atoms with Crippen LogP contribution in [0, 0.1) is 5.41 Å². The van der Waals surface area contributed by atoms with Gasteiger partial charge in [-0.2, -0.15) is 0 Å². The number of carboxylic acid groups (broad SMARTS) is 1. The summed E-state index contributed by atoms with van der Waals surface area (Å²) in [6, 6.07) is 0. The number of amides is 1. The van der Waals surface area contributed by atoms with E-state index in [1.807, 2.05) is 0 Å². The minimum Gasteiger partial charge on any atom is -0.480 e. The van der Waals surface area contributed by atoms with E-state index in [0.29, 0.717) is 6.54 Å². The molecule has 1 aliphatic rings. The van der Waals surface area contributed by atoms with Crippen molar-refractivity contribution in [2.45, 2.75) is 19.3 Å². The number of hydrogen-bond acceptors (Lipinski definition) is 3. The van der Waals surface area contributed by atoms with E-state index < -0.39 is 11.4 Å². The van der Waals surface area contributed by atoms with Gasteiger partial charge in [-0.1, -0.05) is 6.42 Å². The number of nitrogens with zero attached hydrogens (tertiary/aromatic N) is 1. The predicted octanol–water partition coefficient (Wildman–Crippen LogP) is -0.342. The number of likely N-dealkylation sites (N-methyl/N-ethyl adjacent to an activating group) is 1. The molecule has 1 rings (SSSR count). The van der Waals surface area contributed by atoms with Crippen LogP contribution in [0.3, 0.4) is 0 Å². The highest BCUT2D eigenvalue weighted by molar-refractivity contribution is 5.86. The van der Waals surface area contributed by atoms with Crippen molar-refractivity contribution in [1.29, 1.82) is 0 Å². The number of nitrogens with two attached hydrogens (primary N) is 1. The first-order valence-corrected chi connectivity index (χ1v) is 4.69. The third-order valence-electron chi connectivity index (χ3n) is 2.87. The van der Waals surface area contributed by atoms with E-state index in [2.05, 4.69) is 0 Å². The van der Waals surface area contributed by atoms with Gasteiger partial charge in [-0.15, -0.1) is 0 Å². The fourth-order valence-corrected chi connectivity index (χ4v) is 1.79. The van der Waals surface area contributed by atoms with E-state index >= 15 is 0 Å². The molecule has 0 atom stereocenters. The van der Waals surface area contributed by atoms with Crippen LogP contribution >= 0.6 is 0 Å². The summed E-state index contributed by atoms with van der Waals surface area (Å²) >= 11 is 0. The first kappa shape index (κ1) is 11.0. The second-order valence-corrected chi connectivity index (χ2v) is 3.89. The SMILES string of the molecule is CN(CC(=O)O)C(=O)C1(CN)CCC1. The number of hydrogen-bond donors (Lipinski definition) is 2. The average Bonchev–Trinajstić information content (AvgIpc) is 2.01. The number of carbonyl (C=O) groups is 2. The molecular formula is C9H16N2O3. The van der Waals surface area contributed by atoms with Gasteiger partial charge in [-0.05, 0) is 12.8 Å². The fraction of sp³-hybridized carbons (Fsp3) is 0.778. The summed E-state index contributed by atoms with van der Waals surface area (Å²) in [5.74, 6) is -1.12. The number of rotatable bonds is 4. The highest BCUT2D eigenvalue weighted by Gasteiger charge is 2.44. The molecule has 14 heavy (non-hydrogen) atoms. The van der Waals surface area contributed by atoms with Gasteiger partial charge in [0.2, 0.25) is 5.91 Å². The molecular weight excluding hydrogens is 184 g/mol. The maximum atomic E-state index is 11.8. The summed E-state index contributed by atoms with van der Waals surface area (Å²) in [6.07, 6.45) is 2.57. The molecule has 0 spiro atoms. The normalized spacial score (nSPS) is 18.4. The van der Waals surface area contributed by atoms with Crippen molar-refractivity contribution in [3.8, 4) is 0 Å². The van der Waals surface area contributed by atoms with Gasteiger partial charge in [0.15, 0.2) is 0 Å². The molecule has 1 saturated carbocycles. The standard InChI is InChI=1S/C9H16N2O3/c1-11(5-7(12)13)8(14)9(6-10)3-2-4-9/h2-6,10H2,1H3,(H,12,13). The van der Waals surface area contributed by atoms with Gasteiger partial charge in [0.25, 0.3) is 0 Å². The minimum absolute atomic E-state index is 0.131. The molecule has 80 valence electrons. The molecule has 1 aliphatic carbocycles. The second-order valence-electron chi connectivity index (χ2n) is 3.89. The molecule has 5 nitrogen and oxygen atoms in total. The smallest absolute Gasteiger partial charge is 0.323 e. The first-order chi connectivity index (χ1) is 6.52. The first-order valence-electron chi connectivity index (χ1n) is 4.69. The summed E-state index contributed by atoms with van der Waals surface area (Å²) in [7, 11) is 1.51. The fourth-order valence-electron chi connectivity index (χ4n) is 1.79. The molecule has 0 aromatic rings. The van der Waals surface area contributed by atoms with Gasteiger partial charge in [0, 0.05) is 13.6 Å². The Morgan fingerprint density at radius 2 is 2.07 bits per heavy atom. The van der Waals surface area contributed by atoms with E-state index in [-0.39, 0.29) is 12.5 Å². The minimum atomic E-state index is -0.993. The molecule has 0 saturated heterocycles. The lowest BCUT2D eigenvalue weighted by Crippen LogP contribution is -2.51. The van der Waals surface area contributed by atoms with Crippen molar-refractivity contribution < 1.29 is 14.7 Å². The van der Waals surface area contributed by atoms with Crippen LogP contribution in [0.15, 0.2) is 0 Å². The third kappa shape index (κ3) is 1.87. The molecule has 0 heterocycles. The van der Waals surface area contributed by atoms with Crippen LogP contribution in [-0.2, 0) is 9.59 Å². The summed E-state index contributed by atoms with van der Waals surface area (Å²) in [5.41, 5.74) is 5.08. The van der Waals surface area contributed by atoms with E-state index in [1.165, 1.54) is 11.9 Å². The van der Waals surface area contributed by atoms with Gasteiger partial charge in [-0.3, -0.25) is 9.59 Å². The molecule has 0 aromatic heterocycles. The summed E-state index contributed by atoms with van der Waals surface area (Å²) in [6.45, 7) is 0.0658. The Hall–Kier alpha value is -1.10.